The Morgan fingerprint density at radius 2 is 1.83 bits per heavy atom. The van der Waals surface area contributed by atoms with E-state index >= 15 is 0 Å². The lowest BCUT2D eigenvalue weighted by Gasteiger charge is -1.99. The molecule has 0 atom stereocenters. The summed E-state index contributed by atoms with van der Waals surface area (Å²) in [5, 5.41) is 10.8. The number of benzene rings is 2. The summed E-state index contributed by atoms with van der Waals surface area (Å²) in [4.78, 5) is 1.08. The molecular formula is C19H11BrClNOS. The minimum absolute atomic E-state index is 0.518. The van der Waals surface area contributed by atoms with E-state index < -0.39 is 0 Å². The van der Waals surface area contributed by atoms with Crippen LogP contribution in [0.3, 0.4) is 0 Å². The maximum Gasteiger partial charge on any atom is 0.179 e. The van der Waals surface area contributed by atoms with Crippen LogP contribution in [-0.4, -0.2) is 0 Å². The first-order valence-corrected chi connectivity index (χ1v) is 9.04. The maximum atomic E-state index is 9.41. The predicted octanol–water partition coefficient (Wildman–Crippen LogP) is 6.91. The van der Waals surface area contributed by atoms with Gasteiger partial charge in [-0.3, -0.25) is 0 Å². The SMILES string of the molecule is N#C/C(=C/c1cc(Br)c(Sc2ccccc2)o1)c1ccc(Cl)cc1. The third-order valence-corrected chi connectivity index (χ3v) is 5.29. The van der Waals surface area contributed by atoms with E-state index in [9.17, 15) is 5.26 Å². The van der Waals surface area contributed by atoms with Gasteiger partial charge in [0.15, 0.2) is 5.09 Å². The lowest BCUT2D eigenvalue weighted by Crippen LogP contribution is -1.80. The number of furan rings is 1. The molecule has 0 spiro atoms. The second-order valence-corrected chi connectivity index (χ2v) is 7.21. The van der Waals surface area contributed by atoms with Crippen molar-refractivity contribution in [2.24, 2.45) is 0 Å². The third kappa shape index (κ3) is 4.12. The Morgan fingerprint density at radius 3 is 2.50 bits per heavy atom. The van der Waals surface area contributed by atoms with Gasteiger partial charge in [-0.25, -0.2) is 0 Å². The highest BCUT2D eigenvalue weighted by molar-refractivity contribution is 9.10. The second-order valence-electron chi connectivity index (χ2n) is 4.88. The first-order chi connectivity index (χ1) is 11.7. The Hall–Kier alpha value is -1.93. The molecule has 1 heterocycles. The molecule has 0 saturated carbocycles. The van der Waals surface area contributed by atoms with Crippen LogP contribution in [0.5, 0.6) is 0 Å². The van der Waals surface area contributed by atoms with Crippen molar-refractivity contribution in [1.82, 2.24) is 0 Å². The van der Waals surface area contributed by atoms with E-state index in [2.05, 4.69) is 22.0 Å². The zero-order chi connectivity index (χ0) is 16.9. The van der Waals surface area contributed by atoms with Crippen molar-refractivity contribution in [3.8, 4) is 6.07 Å². The molecule has 3 aromatic rings. The molecule has 0 aliphatic carbocycles. The molecule has 3 rings (SSSR count). The van der Waals surface area contributed by atoms with E-state index in [4.69, 9.17) is 16.0 Å². The fourth-order valence-corrected chi connectivity index (χ4v) is 3.53. The monoisotopic (exact) mass is 415 g/mol. The van der Waals surface area contributed by atoms with Crippen LogP contribution in [0.4, 0.5) is 0 Å². The number of nitriles is 1. The van der Waals surface area contributed by atoms with Crippen LogP contribution in [0.2, 0.25) is 5.02 Å². The summed E-state index contributed by atoms with van der Waals surface area (Å²) in [6.07, 6.45) is 1.73. The van der Waals surface area contributed by atoms with Gasteiger partial charge >= 0.3 is 0 Å². The first-order valence-electron chi connectivity index (χ1n) is 7.05. The van der Waals surface area contributed by atoms with Crippen LogP contribution >= 0.6 is 39.3 Å². The standard InChI is InChI=1S/C19H11BrClNOS/c20-18-11-16(23-19(18)24-17-4-2-1-3-5-17)10-14(12-22)13-6-8-15(21)9-7-13/h1-11H/b14-10-. The summed E-state index contributed by atoms with van der Waals surface area (Å²) in [5.74, 6) is 0.617. The van der Waals surface area contributed by atoms with Gasteiger partial charge in [-0.2, -0.15) is 5.26 Å². The topological polar surface area (TPSA) is 36.9 Å². The van der Waals surface area contributed by atoms with Crippen LogP contribution in [0.1, 0.15) is 11.3 Å². The number of rotatable bonds is 4. The zero-order valence-corrected chi connectivity index (χ0v) is 15.5. The molecule has 2 nitrogen and oxygen atoms in total. The Morgan fingerprint density at radius 1 is 1.12 bits per heavy atom. The van der Waals surface area contributed by atoms with Crippen LogP contribution in [0, 0.1) is 11.3 Å². The van der Waals surface area contributed by atoms with Gasteiger partial charge in [-0.15, -0.1) is 0 Å². The van der Waals surface area contributed by atoms with Crippen molar-refractivity contribution in [2.45, 2.75) is 9.99 Å². The van der Waals surface area contributed by atoms with E-state index in [1.165, 1.54) is 11.8 Å². The van der Waals surface area contributed by atoms with Crippen LogP contribution < -0.4 is 0 Å². The van der Waals surface area contributed by atoms with Gasteiger partial charge in [0.2, 0.25) is 0 Å². The van der Waals surface area contributed by atoms with Crippen molar-refractivity contribution in [3.05, 3.63) is 81.5 Å². The number of nitrogens with zero attached hydrogens (tertiary/aromatic N) is 1. The van der Waals surface area contributed by atoms with Crippen molar-refractivity contribution in [1.29, 1.82) is 5.26 Å². The quantitative estimate of drug-likeness (QED) is 0.433. The molecule has 118 valence electrons. The summed E-state index contributed by atoms with van der Waals surface area (Å²) in [7, 11) is 0. The number of halogens is 2. The largest absolute Gasteiger partial charge is 0.449 e. The lowest BCUT2D eigenvalue weighted by molar-refractivity contribution is 0.463. The third-order valence-electron chi connectivity index (χ3n) is 3.19. The maximum absolute atomic E-state index is 9.41. The van der Waals surface area contributed by atoms with Gasteiger partial charge < -0.3 is 4.42 Å². The molecule has 0 unspecified atom stereocenters. The van der Waals surface area contributed by atoms with Crippen molar-refractivity contribution in [2.75, 3.05) is 0 Å². The lowest BCUT2D eigenvalue weighted by atomic mass is 10.1. The molecule has 0 aliphatic rings. The van der Waals surface area contributed by atoms with Gasteiger partial charge in [0.25, 0.3) is 0 Å². The zero-order valence-electron chi connectivity index (χ0n) is 12.4. The summed E-state index contributed by atoms with van der Waals surface area (Å²) in [6, 6.07) is 21.2. The van der Waals surface area contributed by atoms with E-state index in [-0.39, 0.29) is 0 Å². The molecule has 0 bridgehead atoms. The molecule has 0 saturated heterocycles. The molecule has 0 radical (unpaired) electrons. The van der Waals surface area contributed by atoms with Crippen molar-refractivity contribution in [3.63, 3.8) is 0 Å². The normalized spacial score (nSPS) is 11.3. The van der Waals surface area contributed by atoms with E-state index in [0.29, 0.717) is 16.4 Å². The van der Waals surface area contributed by atoms with Gasteiger partial charge in [-0.05, 0) is 57.9 Å². The summed E-state index contributed by atoms with van der Waals surface area (Å²) in [5.41, 5.74) is 1.32. The Kier molecular flexibility index (Phi) is 5.47. The summed E-state index contributed by atoms with van der Waals surface area (Å²) >= 11 is 10.9. The number of allylic oxidation sites excluding steroid dienone is 1. The van der Waals surface area contributed by atoms with Gasteiger partial charge in [0, 0.05) is 9.92 Å². The van der Waals surface area contributed by atoms with E-state index in [1.54, 1.807) is 18.2 Å². The van der Waals surface area contributed by atoms with E-state index in [0.717, 1.165) is 20.0 Å². The molecule has 2 aromatic carbocycles. The summed E-state index contributed by atoms with van der Waals surface area (Å²) in [6.45, 7) is 0. The molecule has 0 amide bonds. The van der Waals surface area contributed by atoms with Crippen LogP contribution in [-0.2, 0) is 0 Å². The average molecular weight is 417 g/mol. The first kappa shape index (κ1) is 16.9. The average Bonchev–Trinajstić information content (AvgIpc) is 2.94. The fourth-order valence-electron chi connectivity index (χ4n) is 2.06. The van der Waals surface area contributed by atoms with Crippen molar-refractivity contribution >= 4 is 50.9 Å². The number of hydrogen-bond donors (Lipinski definition) is 0. The minimum atomic E-state index is 0.518. The molecule has 0 N–H and O–H groups in total. The van der Waals surface area contributed by atoms with Crippen LogP contribution in [0.25, 0.3) is 11.6 Å². The minimum Gasteiger partial charge on any atom is -0.449 e. The highest BCUT2D eigenvalue weighted by atomic mass is 79.9. The smallest absolute Gasteiger partial charge is 0.179 e. The van der Waals surface area contributed by atoms with Gasteiger partial charge in [0.05, 0.1) is 16.1 Å². The number of hydrogen-bond acceptors (Lipinski definition) is 3. The molecule has 0 aliphatic heterocycles. The fraction of sp³-hybridized carbons (Fsp3) is 0. The molecule has 5 heteroatoms. The molecule has 24 heavy (non-hydrogen) atoms. The predicted molar refractivity (Wildman–Crippen MR) is 102 cm³/mol. The molecule has 0 fully saturated rings. The second kappa shape index (κ2) is 7.76. The Balaban J connectivity index is 1.88. The Bertz CT molecular complexity index is 911. The van der Waals surface area contributed by atoms with Gasteiger partial charge in [0.1, 0.15) is 5.76 Å². The summed E-state index contributed by atoms with van der Waals surface area (Å²) < 4.78 is 6.72. The molecule has 1 aromatic heterocycles. The Labute approximate surface area is 157 Å². The molecular weight excluding hydrogens is 406 g/mol. The van der Waals surface area contributed by atoms with Crippen LogP contribution in [0.15, 0.2) is 79.5 Å². The van der Waals surface area contributed by atoms with E-state index in [1.807, 2.05) is 48.5 Å². The van der Waals surface area contributed by atoms with Crippen molar-refractivity contribution < 1.29 is 4.42 Å². The highest BCUT2D eigenvalue weighted by Gasteiger charge is 2.11. The van der Waals surface area contributed by atoms with Gasteiger partial charge in [-0.1, -0.05) is 53.7 Å². The highest BCUT2D eigenvalue weighted by Crippen LogP contribution is 2.36.